The molecule has 1 heterocycles. The topological polar surface area (TPSA) is 84.7 Å². The van der Waals surface area contributed by atoms with Crippen molar-refractivity contribution in [1.82, 2.24) is 5.32 Å². The molecule has 0 fully saturated rings. The van der Waals surface area contributed by atoms with Crippen LogP contribution in [0.3, 0.4) is 0 Å². The zero-order valence-corrected chi connectivity index (χ0v) is 18.0. The Morgan fingerprint density at radius 2 is 1.61 bits per heavy atom. The number of benzene rings is 4. The van der Waals surface area contributed by atoms with E-state index in [1.54, 1.807) is 24.3 Å². The molecule has 0 unspecified atom stereocenters. The Morgan fingerprint density at radius 1 is 0.879 bits per heavy atom. The number of hydrogen-bond acceptors (Lipinski definition) is 4. The number of ether oxygens (including phenoxy) is 1. The van der Waals surface area contributed by atoms with E-state index in [2.05, 4.69) is 28.4 Å². The zero-order valence-electron chi connectivity index (χ0n) is 18.0. The van der Waals surface area contributed by atoms with Crippen LogP contribution >= 0.6 is 0 Å². The molecule has 0 saturated heterocycles. The maximum absolute atomic E-state index is 12.6. The molecule has 6 heteroatoms. The van der Waals surface area contributed by atoms with Gasteiger partial charge < -0.3 is 20.7 Å². The first-order valence-corrected chi connectivity index (χ1v) is 10.7. The van der Waals surface area contributed by atoms with Crippen LogP contribution in [0.2, 0.25) is 0 Å². The van der Waals surface area contributed by atoms with Crippen LogP contribution < -0.4 is 20.7 Å². The van der Waals surface area contributed by atoms with Gasteiger partial charge in [-0.25, -0.2) is 0 Å². The average Bonchev–Trinajstić information content (AvgIpc) is 2.87. The lowest BCUT2D eigenvalue weighted by Gasteiger charge is -2.31. The SMILES string of the molecule is NC(=O)c1ccc(CNC(=O)c2ccc(N3COc4ccc5ccccc5c4C3)cc2)cc1. The number of hydrogen-bond donors (Lipinski definition) is 2. The summed E-state index contributed by atoms with van der Waals surface area (Å²) in [7, 11) is 0. The lowest BCUT2D eigenvalue weighted by molar-refractivity contribution is 0.0949. The van der Waals surface area contributed by atoms with Gasteiger partial charge in [-0.05, 0) is 58.8 Å². The third-order valence-corrected chi connectivity index (χ3v) is 5.91. The normalized spacial score (nSPS) is 12.7. The Kier molecular flexibility index (Phi) is 5.40. The van der Waals surface area contributed by atoms with Crippen molar-refractivity contribution in [2.75, 3.05) is 11.6 Å². The quantitative estimate of drug-likeness (QED) is 0.490. The van der Waals surface area contributed by atoms with Crippen molar-refractivity contribution in [2.24, 2.45) is 5.73 Å². The lowest BCUT2D eigenvalue weighted by Crippen LogP contribution is -2.32. The fourth-order valence-corrected chi connectivity index (χ4v) is 4.06. The summed E-state index contributed by atoms with van der Waals surface area (Å²) >= 11 is 0. The van der Waals surface area contributed by atoms with E-state index in [0.29, 0.717) is 24.4 Å². The molecule has 5 rings (SSSR count). The summed E-state index contributed by atoms with van der Waals surface area (Å²) < 4.78 is 6.00. The molecule has 33 heavy (non-hydrogen) atoms. The largest absolute Gasteiger partial charge is 0.473 e. The molecule has 1 aliphatic heterocycles. The summed E-state index contributed by atoms with van der Waals surface area (Å²) in [5.74, 6) is 0.290. The third-order valence-electron chi connectivity index (χ3n) is 5.91. The molecule has 4 aromatic rings. The van der Waals surface area contributed by atoms with E-state index >= 15 is 0 Å². The van der Waals surface area contributed by atoms with Crippen molar-refractivity contribution >= 4 is 28.3 Å². The smallest absolute Gasteiger partial charge is 0.251 e. The molecule has 0 aliphatic carbocycles. The minimum absolute atomic E-state index is 0.160. The van der Waals surface area contributed by atoms with Crippen LogP contribution in [-0.2, 0) is 13.1 Å². The second-order valence-electron chi connectivity index (χ2n) is 8.03. The molecule has 4 aromatic carbocycles. The molecule has 0 aromatic heterocycles. The number of anilines is 1. The van der Waals surface area contributed by atoms with Crippen LogP contribution in [0.5, 0.6) is 5.75 Å². The van der Waals surface area contributed by atoms with Crippen LogP contribution in [0.25, 0.3) is 10.8 Å². The molecule has 164 valence electrons. The number of fused-ring (bicyclic) bond motifs is 3. The number of primary amides is 1. The van der Waals surface area contributed by atoms with Gasteiger partial charge in [-0.1, -0.05) is 42.5 Å². The van der Waals surface area contributed by atoms with Crippen molar-refractivity contribution in [3.8, 4) is 5.75 Å². The van der Waals surface area contributed by atoms with Crippen molar-refractivity contribution in [1.29, 1.82) is 0 Å². The third kappa shape index (κ3) is 4.23. The molecule has 0 radical (unpaired) electrons. The molecule has 0 bridgehead atoms. The highest BCUT2D eigenvalue weighted by molar-refractivity contribution is 5.95. The number of rotatable bonds is 5. The van der Waals surface area contributed by atoms with Gasteiger partial charge in [0.2, 0.25) is 5.91 Å². The number of nitrogens with zero attached hydrogens (tertiary/aromatic N) is 1. The molecule has 0 saturated carbocycles. The Balaban J connectivity index is 1.25. The van der Waals surface area contributed by atoms with Crippen molar-refractivity contribution in [2.45, 2.75) is 13.1 Å². The summed E-state index contributed by atoms with van der Waals surface area (Å²) in [5.41, 5.74) is 9.33. The standard InChI is InChI=1S/C27H23N3O3/c28-26(31)20-7-5-18(6-8-20)15-29-27(32)21-9-12-22(13-10-21)30-16-24-23-4-2-1-3-19(23)11-14-25(24)33-17-30/h1-14H,15-17H2,(H2,28,31)(H,29,32). The molecular weight excluding hydrogens is 414 g/mol. The highest BCUT2D eigenvalue weighted by atomic mass is 16.5. The molecule has 3 N–H and O–H groups in total. The van der Waals surface area contributed by atoms with E-state index in [9.17, 15) is 9.59 Å². The van der Waals surface area contributed by atoms with E-state index in [-0.39, 0.29) is 5.91 Å². The van der Waals surface area contributed by atoms with Crippen LogP contribution in [0, 0.1) is 0 Å². The molecule has 2 amide bonds. The second-order valence-corrected chi connectivity index (χ2v) is 8.03. The maximum Gasteiger partial charge on any atom is 0.251 e. The van der Waals surface area contributed by atoms with Gasteiger partial charge in [-0.3, -0.25) is 9.59 Å². The van der Waals surface area contributed by atoms with Crippen LogP contribution in [0.4, 0.5) is 5.69 Å². The Bertz CT molecular complexity index is 1330. The highest BCUT2D eigenvalue weighted by Gasteiger charge is 2.20. The van der Waals surface area contributed by atoms with E-state index in [4.69, 9.17) is 10.5 Å². The minimum atomic E-state index is -0.471. The van der Waals surface area contributed by atoms with Gasteiger partial charge in [0.1, 0.15) is 5.75 Å². The monoisotopic (exact) mass is 437 g/mol. The number of carbonyl (C=O) groups excluding carboxylic acids is 2. The maximum atomic E-state index is 12.6. The van der Waals surface area contributed by atoms with Gasteiger partial charge >= 0.3 is 0 Å². The predicted octanol–water partition coefficient (Wildman–Crippen LogP) is 4.23. The van der Waals surface area contributed by atoms with Crippen molar-refractivity contribution < 1.29 is 14.3 Å². The summed E-state index contributed by atoms with van der Waals surface area (Å²) in [6.45, 7) is 1.56. The van der Waals surface area contributed by atoms with Crippen molar-refractivity contribution in [3.05, 3.63) is 107 Å². The van der Waals surface area contributed by atoms with E-state index < -0.39 is 5.91 Å². The first-order valence-electron chi connectivity index (χ1n) is 10.7. The number of nitrogens with one attached hydrogen (secondary N) is 1. The zero-order chi connectivity index (χ0) is 22.8. The predicted molar refractivity (Wildman–Crippen MR) is 128 cm³/mol. The van der Waals surface area contributed by atoms with Gasteiger partial charge in [0, 0.05) is 28.9 Å². The Hall–Kier alpha value is -4.32. The molecule has 6 nitrogen and oxygen atoms in total. The minimum Gasteiger partial charge on any atom is -0.473 e. The first kappa shape index (κ1) is 20.6. The highest BCUT2D eigenvalue weighted by Crippen LogP contribution is 2.34. The Morgan fingerprint density at radius 3 is 2.36 bits per heavy atom. The fourth-order valence-electron chi connectivity index (χ4n) is 4.06. The summed E-state index contributed by atoms with van der Waals surface area (Å²) in [6, 6.07) is 26.8. The van der Waals surface area contributed by atoms with Crippen LogP contribution in [-0.4, -0.2) is 18.5 Å². The molecule has 0 spiro atoms. The fraction of sp³-hybridized carbons (Fsp3) is 0.111. The van der Waals surface area contributed by atoms with Crippen molar-refractivity contribution in [3.63, 3.8) is 0 Å². The van der Waals surface area contributed by atoms with Gasteiger partial charge in [-0.2, -0.15) is 0 Å². The van der Waals surface area contributed by atoms with Gasteiger partial charge in [0.15, 0.2) is 6.73 Å². The summed E-state index contributed by atoms with van der Waals surface area (Å²) in [5, 5.41) is 5.29. The van der Waals surface area contributed by atoms with E-state index in [0.717, 1.165) is 23.5 Å². The number of amides is 2. The number of carbonyl (C=O) groups is 2. The summed E-state index contributed by atoms with van der Waals surface area (Å²) in [4.78, 5) is 25.9. The second kappa shape index (κ2) is 8.67. The van der Waals surface area contributed by atoms with Crippen LogP contribution in [0.1, 0.15) is 31.8 Å². The van der Waals surface area contributed by atoms with E-state index in [1.165, 1.54) is 16.3 Å². The van der Waals surface area contributed by atoms with Gasteiger partial charge in [0.25, 0.3) is 5.91 Å². The molecule has 1 aliphatic rings. The Labute approximate surface area is 191 Å². The van der Waals surface area contributed by atoms with E-state index in [1.807, 2.05) is 42.5 Å². The van der Waals surface area contributed by atoms with Gasteiger partial charge in [-0.15, -0.1) is 0 Å². The molecular formula is C27H23N3O3. The summed E-state index contributed by atoms with van der Waals surface area (Å²) in [6.07, 6.45) is 0. The first-order chi connectivity index (χ1) is 16.1. The average molecular weight is 437 g/mol. The van der Waals surface area contributed by atoms with Crippen LogP contribution in [0.15, 0.2) is 84.9 Å². The van der Waals surface area contributed by atoms with Gasteiger partial charge in [0.05, 0.1) is 6.54 Å². The lowest BCUT2D eigenvalue weighted by atomic mass is 10.0. The number of nitrogens with two attached hydrogens (primary N) is 1. The molecule has 0 atom stereocenters.